The maximum Gasteiger partial charge on any atom is 0.165 e. The summed E-state index contributed by atoms with van der Waals surface area (Å²) in [7, 11) is 3.20. The van der Waals surface area contributed by atoms with Crippen LogP contribution in [0.1, 0.15) is 17.2 Å². The van der Waals surface area contributed by atoms with Gasteiger partial charge in [-0.15, -0.1) is 0 Å². The smallest absolute Gasteiger partial charge is 0.165 e. The van der Waals surface area contributed by atoms with Crippen LogP contribution < -0.4 is 10.1 Å². The first-order valence-electron chi connectivity index (χ1n) is 6.50. The molecule has 0 spiro atoms. The molecule has 0 aliphatic rings. The van der Waals surface area contributed by atoms with E-state index in [-0.39, 0.29) is 16.8 Å². The molecule has 0 aliphatic heterocycles. The van der Waals surface area contributed by atoms with E-state index in [0.717, 1.165) is 5.56 Å². The van der Waals surface area contributed by atoms with E-state index in [1.165, 1.54) is 19.2 Å². The van der Waals surface area contributed by atoms with E-state index >= 15 is 0 Å². The van der Waals surface area contributed by atoms with E-state index in [9.17, 15) is 8.78 Å². The number of nitrogens with one attached hydrogen (secondary N) is 1. The van der Waals surface area contributed by atoms with Crippen LogP contribution >= 0.6 is 11.6 Å². The molecule has 0 saturated heterocycles. The fraction of sp³-hybridized carbons (Fsp3) is 0.250. The second-order valence-electron chi connectivity index (χ2n) is 4.65. The van der Waals surface area contributed by atoms with E-state index in [4.69, 9.17) is 16.3 Å². The second-order valence-corrected chi connectivity index (χ2v) is 5.03. The minimum absolute atomic E-state index is 0.117. The first-order chi connectivity index (χ1) is 10.1. The van der Waals surface area contributed by atoms with Crippen LogP contribution in [0.4, 0.5) is 8.78 Å². The lowest BCUT2D eigenvalue weighted by molar-refractivity contribution is 0.385. The quantitative estimate of drug-likeness (QED) is 0.896. The number of benzene rings is 2. The predicted octanol–water partition coefficient (Wildman–Crippen LogP) is 4.13. The van der Waals surface area contributed by atoms with Gasteiger partial charge in [0.15, 0.2) is 11.6 Å². The van der Waals surface area contributed by atoms with Gasteiger partial charge in [-0.3, -0.25) is 0 Å². The summed E-state index contributed by atoms with van der Waals surface area (Å²) in [6.45, 7) is 0. The van der Waals surface area contributed by atoms with E-state index in [1.54, 1.807) is 31.3 Å². The van der Waals surface area contributed by atoms with Crippen molar-refractivity contribution in [3.05, 3.63) is 64.2 Å². The van der Waals surface area contributed by atoms with Crippen molar-refractivity contribution in [2.45, 2.75) is 12.5 Å². The highest BCUT2D eigenvalue weighted by atomic mass is 35.5. The third kappa shape index (κ3) is 3.52. The Bertz CT molecular complexity index is 634. The molecule has 0 fully saturated rings. The van der Waals surface area contributed by atoms with Crippen LogP contribution in [0.25, 0.3) is 0 Å². The molecule has 1 atom stereocenters. The SMILES string of the molecule is CNC(Cc1cccc(F)c1Cl)c1ccc(F)c(OC)c1. The molecule has 112 valence electrons. The van der Waals surface area contributed by atoms with E-state index < -0.39 is 11.6 Å². The molecule has 0 amide bonds. The van der Waals surface area contributed by atoms with E-state index in [1.807, 2.05) is 0 Å². The molecule has 0 aromatic heterocycles. The lowest BCUT2D eigenvalue weighted by Gasteiger charge is -2.18. The Morgan fingerprint density at radius 2 is 1.95 bits per heavy atom. The number of hydrogen-bond donors (Lipinski definition) is 1. The maximum atomic E-state index is 13.5. The average molecular weight is 312 g/mol. The van der Waals surface area contributed by atoms with Gasteiger partial charge in [-0.2, -0.15) is 0 Å². The van der Waals surface area contributed by atoms with Gasteiger partial charge in [-0.25, -0.2) is 8.78 Å². The molecule has 2 aromatic rings. The Hall–Kier alpha value is -1.65. The Morgan fingerprint density at radius 3 is 2.62 bits per heavy atom. The topological polar surface area (TPSA) is 21.3 Å². The van der Waals surface area contributed by atoms with Crippen molar-refractivity contribution in [2.75, 3.05) is 14.2 Å². The number of hydrogen-bond acceptors (Lipinski definition) is 2. The molecule has 0 heterocycles. The van der Waals surface area contributed by atoms with Crippen molar-refractivity contribution in [3.63, 3.8) is 0 Å². The zero-order valence-electron chi connectivity index (χ0n) is 11.8. The molecule has 0 aliphatic carbocycles. The molecule has 0 bridgehead atoms. The van der Waals surface area contributed by atoms with Crippen molar-refractivity contribution < 1.29 is 13.5 Å². The van der Waals surface area contributed by atoms with Gasteiger partial charge >= 0.3 is 0 Å². The highest BCUT2D eigenvalue weighted by molar-refractivity contribution is 6.31. The summed E-state index contributed by atoms with van der Waals surface area (Å²) in [6, 6.07) is 9.24. The Morgan fingerprint density at radius 1 is 1.19 bits per heavy atom. The van der Waals surface area contributed by atoms with Gasteiger partial charge in [0.2, 0.25) is 0 Å². The summed E-state index contributed by atoms with van der Waals surface area (Å²) < 4.78 is 31.9. The standard InChI is InChI=1S/C16H16ClF2NO/c1-20-14(8-11-4-3-5-13(19)16(11)17)10-6-7-12(18)15(9-10)21-2/h3-7,9,14,20H,8H2,1-2H3. The van der Waals surface area contributed by atoms with Crippen LogP contribution in [0.3, 0.4) is 0 Å². The summed E-state index contributed by atoms with van der Waals surface area (Å²) in [4.78, 5) is 0. The monoisotopic (exact) mass is 311 g/mol. The highest BCUT2D eigenvalue weighted by Gasteiger charge is 2.15. The minimum atomic E-state index is -0.444. The molecule has 1 unspecified atom stereocenters. The second kappa shape index (κ2) is 6.87. The number of methoxy groups -OCH3 is 1. The summed E-state index contributed by atoms with van der Waals surface area (Å²) in [6.07, 6.45) is 0.488. The number of rotatable bonds is 5. The average Bonchev–Trinajstić information content (AvgIpc) is 2.49. The molecule has 2 aromatic carbocycles. The third-order valence-corrected chi connectivity index (χ3v) is 3.80. The predicted molar refractivity (Wildman–Crippen MR) is 79.9 cm³/mol. The lowest BCUT2D eigenvalue weighted by Crippen LogP contribution is -2.19. The first kappa shape index (κ1) is 15.7. The van der Waals surface area contributed by atoms with Gasteiger partial charge in [-0.05, 0) is 42.8 Å². The van der Waals surface area contributed by atoms with Crippen LogP contribution in [-0.2, 0) is 6.42 Å². The maximum absolute atomic E-state index is 13.5. The van der Waals surface area contributed by atoms with Gasteiger partial charge < -0.3 is 10.1 Å². The largest absolute Gasteiger partial charge is 0.494 e. The van der Waals surface area contributed by atoms with Gasteiger partial charge in [0, 0.05) is 6.04 Å². The Labute approximate surface area is 127 Å². The molecule has 1 N–H and O–H groups in total. The summed E-state index contributed by atoms with van der Waals surface area (Å²) in [5.41, 5.74) is 1.54. The van der Waals surface area contributed by atoms with Gasteiger partial charge in [0.05, 0.1) is 12.1 Å². The van der Waals surface area contributed by atoms with Gasteiger partial charge in [-0.1, -0.05) is 29.8 Å². The molecule has 0 saturated carbocycles. The van der Waals surface area contributed by atoms with Crippen molar-refractivity contribution in [1.82, 2.24) is 5.32 Å². The van der Waals surface area contributed by atoms with Crippen molar-refractivity contribution in [1.29, 1.82) is 0 Å². The van der Waals surface area contributed by atoms with Crippen molar-refractivity contribution in [2.24, 2.45) is 0 Å². The fourth-order valence-corrected chi connectivity index (χ4v) is 2.41. The Kier molecular flexibility index (Phi) is 5.15. The molecule has 5 heteroatoms. The van der Waals surface area contributed by atoms with Crippen molar-refractivity contribution in [3.8, 4) is 5.75 Å². The molecule has 2 nitrogen and oxygen atoms in total. The normalized spacial score (nSPS) is 12.2. The summed E-state index contributed by atoms with van der Waals surface area (Å²) >= 11 is 5.98. The molecule has 21 heavy (non-hydrogen) atoms. The van der Waals surface area contributed by atoms with Gasteiger partial charge in [0.1, 0.15) is 5.82 Å². The Balaban J connectivity index is 2.30. The zero-order valence-corrected chi connectivity index (χ0v) is 12.5. The van der Waals surface area contributed by atoms with Gasteiger partial charge in [0.25, 0.3) is 0 Å². The minimum Gasteiger partial charge on any atom is -0.494 e. The van der Waals surface area contributed by atoms with Crippen LogP contribution in [0.5, 0.6) is 5.75 Å². The third-order valence-electron chi connectivity index (χ3n) is 3.38. The zero-order chi connectivity index (χ0) is 15.4. The summed E-state index contributed by atoms with van der Waals surface area (Å²) in [5, 5.41) is 3.24. The summed E-state index contributed by atoms with van der Waals surface area (Å²) in [5.74, 6) is -0.682. The van der Waals surface area contributed by atoms with E-state index in [0.29, 0.717) is 12.0 Å². The molecule has 0 radical (unpaired) electrons. The number of ether oxygens (including phenoxy) is 1. The first-order valence-corrected chi connectivity index (χ1v) is 6.88. The van der Waals surface area contributed by atoms with Crippen LogP contribution in [0.2, 0.25) is 5.02 Å². The van der Waals surface area contributed by atoms with E-state index in [2.05, 4.69) is 5.32 Å². The molecular weight excluding hydrogens is 296 g/mol. The van der Waals surface area contributed by atoms with Crippen LogP contribution in [-0.4, -0.2) is 14.2 Å². The van der Waals surface area contributed by atoms with Crippen LogP contribution in [0, 0.1) is 11.6 Å². The number of likely N-dealkylation sites (N-methyl/N-ethyl adjacent to an activating group) is 1. The van der Waals surface area contributed by atoms with Crippen LogP contribution in [0.15, 0.2) is 36.4 Å². The fourth-order valence-electron chi connectivity index (χ4n) is 2.21. The molecule has 2 rings (SSSR count). The number of halogens is 3. The highest BCUT2D eigenvalue weighted by Crippen LogP contribution is 2.28. The lowest BCUT2D eigenvalue weighted by atomic mass is 9.98. The van der Waals surface area contributed by atoms with Crippen molar-refractivity contribution >= 4 is 11.6 Å². The molecular formula is C16H16ClF2NO.